The number of fused-ring (bicyclic) bond motifs is 1. The van der Waals surface area contributed by atoms with E-state index in [0.29, 0.717) is 18.2 Å². The first-order valence-corrected chi connectivity index (χ1v) is 9.07. The molecule has 8 nitrogen and oxygen atoms in total. The number of halogens is 1. The van der Waals surface area contributed by atoms with Crippen molar-refractivity contribution in [2.24, 2.45) is 12.0 Å². The average molecular weight is 424 g/mol. The number of carbonyl (C=O) groups is 2. The number of hydrogen-bond acceptors (Lipinski definition) is 5. The molecule has 1 aromatic heterocycles. The minimum atomic E-state index is -0.599. The van der Waals surface area contributed by atoms with E-state index in [2.05, 4.69) is 31.6 Å². The fraction of sp³-hybridized carbons (Fsp3) is 0.471. The average Bonchev–Trinajstić information content (AvgIpc) is 3.06. The lowest BCUT2D eigenvalue weighted by molar-refractivity contribution is 0.0561. The zero-order chi connectivity index (χ0) is 19.1. The Bertz CT molecular complexity index is 793. The molecule has 2 unspecified atom stereocenters. The van der Waals surface area contributed by atoms with Crippen LogP contribution in [0.1, 0.15) is 31.3 Å². The van der Waals surface area contributed by atoms with Crippen molar-refractivity contribution in [3.05, 3.63) is 34.6 Å². The molecule has 26 heavy (non-hydrogen) atoms. The molecule has 2 atom stereocenters. The van der Waals surface area contributed by atoms with Crippen LogP contribution in [0.5, 0.6) is 0 Å². The fourth-order valence-corrected chi connectivity index (χ4v) is 3.41. The minimum Gasteiger partial charge on any atom is -0.444 e. The maximum atomic E-state index is 12.9. The summed E-state index contributed by atoms with van der Waals surface area (Å²) >= 11 is 3.39. The Hall–Kier alpha value is -2.29. The number of ether oxygens (including phenoxy) is 1. The number of nitrogens with zero attached hydrogens (tertiary/aromatic N) is 3. The van der Waals surface area contributed by atoms with Gasteiger partial charge < -0.3 is 19.5 Å². The maximum absolute atomic E-state index is 12.9. The maximum Gasteiger partial charge on any atom is 0.414 e. The van der Waals surface area contributed by atoms with Gasteiger partial charge >= 0.3 is 6.09 Å². The molecule has 0 aliphatic carbocycles. The first-order valence-electron chi connectivity index (χ1n) is 8.28. The number of aliphatic imine (C=N–C) groups is 1. The molecule has 140 valence electrons. The Morgan fingerprint density at radius 3 is 2.77 bits per heavy atom. The fourth-order valence-electron chi connectivity index (χ4n) is 2.88. The predicted molar refractivity (Wildman–Crippen MR) is 101 cm³/mol. The highest BCUT2D eigenvalue weighted by Crippen LogP contribution is 2.22. The Morgan fingerprint density at radius 2 is 2.15 bits per heavy atom. The minimum absolute atomic E-state index is 0.112. The van der Waals surface area contributed by atoms with Crippen LogP contribution in [-0.2, 0) is 11.8 Å². The van der Waals surface area contributed by atoms with Crippen LogP contribution in [0.15, 0.2) is 33.9 Å². The number of hydrogen-bond donors (Lipinski definition) is 2. The van der Waals surface area contributed by atoms with Gasteiger partial charge in [0.1, 0.15) is 23.5 Å². The van der Waals surface area contributed by atoms with Gasteiger partial charge in [-0.15, -0.1) is 0 Å². The molecule has 0 saturated carbocycles. The van der Waals surface area contributed by atoms with Gasteiger partial charge in [-0.3, -0.25) is 10.1 Å². The predicted octanol–water partition coefficient (Wildman–Crippen LogP) is 1.98. The van der Waals surface area contributed by atoms with E-state index in [0.717, 1.165) is 4.47 Å². The Balaban J connectivity index is 1.71. The Kier molecular flexibility index (Phi) is 4.83. The molecular formula is C17H22BrN5O3. The second kappa shape index (κ2) is 6.79. The third-order valence-electron chi connectivity index (χ3n) is 3.93. The molecule has 3 heterocycles. The van der Waals surface area contributed by atoms with E-state index in [-0.39, 0.29) is 18.1 Å². The second-order valence-electron chi connectivity index (χ2n) is 7.22. The number of amides is 2. The number of guanidine groups is 1. The van der Waals surface area contributed by atoms with Crippen molar-refractivity contribution < 1.29 is 14.3 Å². The van der Waals surface area contributed by atoms with Crippen molar-refractivity contribution in [3.8, 4) is 0 Å². The topological polar surface area (TPSA) is 88.0 Å². The first kappa shape index (κ1) is 18.5. The highest BCUT2D eigenvalue weighted by Gasteiger charge is 2.38. The molecule has 9 heteroatoms. The van der Waals surface area contributed by atoms with Crippen LogP contribution in [-0.4, -0.2) is 51.8 Å². The first-order chi connectivity index (χ1) is 12.1. The van der Waals surface area contributed by atoms with Crippen molar-refractivity contribution in [3.63, 3.8) is 0 Å². The van der Waals surface area contributed by atoms with Crippen molar-refractivity contribution >= 4 is 33.9 Å². The zero-order valence-corrected chi connectivity index (χ0v) is 16.7. The zero-order valence-electron chi connectivity index (χ0n) is 15.1. The molecule has 2 N–H and O–H groups in total. The third-order valence-corrected chi connectivity index (χ3v) is 4.36. The summed E-state index contributed by atoms with van der Waals surface area (Å²) in [7, 11) is 1.82. The number of aromatic nitrogens is 1. The van der Waals surface area contributed by atoms with Gasteiger partial charge in [-0.1, -0.05) is 12.2 Å². The second-order valence-corrected chi connectivity index (χ2v) is 8.14. The van der Waals surface area contributed by atoms with E-state index < -0.39 is 11.7 Å². The van der Waals surface area contributed by atoms with Gasteiger partial charge in [0.05, 0.1) is 0 Å². The van der Waals surface area contributed by atoms with Crippen molar-refractivity contribution in [1.82, 2.24) is 20.1 Å². The normalized spacial score (nSPS) is 21.7. The van der Waals surface area contributed by atoms with Crippen LogP contribution in [0.4, 0.5) is 4.79 Å². The van der Waals surface area contributed by atoms with E-state index in [4.69, 9.17) is 4.74 Å². The van der Waals surface area contributed by atoms with Gasteiger partial charge in [-0.25, -0.2) is 9.79 Å². The number of aryl methyl sites for hydroxylation is 1. The van der Waals surface area contributed by atoms with Crippen molar-refractivity contribution in [2.45, 2.75) is 38.6 Å². The number of rotatable bonds is 1. The van der Waals surface area contributed by atoms with E-state index in [1.807, 2.05) is 25.4 Å². The Labute approximate surface area is 160 Å². The van der Waals surface area contributed by atoms with Gasteiger partial charge in [-0.2, -0.15) is 0 Å². The lowest BCUT2D eigenvalue weighted by Gasteiger charge is -2.33. The molecule has 0 spiro atoms. The van der Waals surface area contributed by atoms with E-state index in [1.165, 1.54) is 0 Å². The molecule has 0 aromatic carbocycles. The van der Waals surface area contributed by atoms with Gasteiger partial charge in [-0.05, 0) is 42.8 Å². The lowest BCUT2D eigenvalue weighted by atomic mass is 10.1. The highest BCUT2D eigenvalue weighted by atomic mass is 79.9. The Morgan fingerprint density at radius 1 is 1.42 bits per heavy atom. The molecule has 1 aromatic rings. The van der Waals surface area contributed by atoms with Gasteiger partial charge in [0.25, 0.3) is 5.91 Å². The largest absolute Gasteiger partial charge is 0.444 e. The van der Waals surface area contributed by atoms with Crippen LogP contribution in [0.2, 0.25) is 0 Å². The summed E-state index contributed by atoms with van der Waals surface area (Å²) in [6.07, 6.45) is 4.71. The quantitative estimate of drug-likeness (QED) is 0.675. The molecule has 2 amide bonds. The molecule has 2 aliphatic heterocycles. The lowest BCUT2D eigenvalue weighted by Crippen LogP contribution is -2.55. The standard InChI is InChI=1S/C17H22BrN5O3/c1-17(2,3)26-16(25)21-15-19-11-6-5-7-23(13(11)20-15)14(24)12-8-10(18)9-22(12)4/h5-6,8-9,11,13H,7H2,1-4H3,(H2,19,20,21,25). The third kappa shape index (κ3) is 3.92. The molecule has 2 aliphatic rings. The van der Waals surface area contributed by atoms with Crippen LogP contribution >= 0.6 is 15.9 Å². The monoisotopic (exact) mass is 423 g/mol. The van der Waals surface area contributed by atoms with Crippen molar-refractivity contribution in [1.29, 1.82) is 0 Å². The number of alkyl carbamates (subject to hydrolysis) is 1. The van der Waals surface area contributed by atoms with Crippen LogP contribution in [0, 0.1) is 0 Å². The summed E-state index contributed by atoms with van der Waals surface area (Å²) in [5.74, 6) is 0.186. The summed E-state index contributed by atoms with van der Waals surface area (Å²) in [6.45, 7) is 5.83. The van der Waals surface area contributed by atoms with Gasteiger partial charge in [0.2, 0.25) is 5.96 Å². The van der Waals surface area contributed by atoms with Crippen molar-refractivity contribution in [2.75, 3.05) is 6.54 Å². The summed E-state index contributed by atoms with van der Waals surface area (Å²) < 4.78 is 7.85. The molecule has 0 radical (unpaired) electrons. The van der Waals surface area contributed by atoms with Crippen LogP contribution in [0.3, 0.4) is 0 Å². The van der Waals surface area contributed by atoms with Crippen LogP contribution in [0.25, 0.3) is 0 Å². The van der Waals surface area contributed by atoms with E-state index in [9.17, 15) is 9.59 Å². The molecule has 0 fully saturated rings. The molecule has 3 rings (SSSR count). The van der Waals surface area contributed by atoms with Crippen LogP contribution < -0.4 is 10.6 Å². The van der Waals surface area contributed by atoms with Gasteiger partial charge in [0.15, 0.2) is 0 Å². The summed E-state index contributed by atoms with van der Waals surface area (Å²) in [4.78, 5) is 31.0. The summed E-state index contributed by atoms with van der Waals surface area (Å²) in [5.41, 5.74) is -0.0287. The smallest absolute Gasteiger partial charge is 0.414 e. The summed E-state index contributed by atoms with van der Waals surface area (Å²) in [5, 5.41) is 5.71. The molecule has 0 saturated heterocycles. The van der Waals surface area contributed by atoms with Gasteiger partial charge in [0, 0.05) is 24.3 Å². The SMILES string of the molecule is Cn1cc(Br)cc1C(=O)N1CC=CC2N=C(NC(=O)OC(C)(C)C)NC21. The van der Waals surface area contributed by atoms with E-state index >= 15 is 0 Å². The molecular weight excluding hydrogens is 402 g/mol. The molecule has 0 bridgehead atoms. The number of nitrogens with one attached hydrogen (secondary N) is 2. The summed E-state index contributed by atoms with van der Waals surface area (Å²) in [6, 6.07) is 1.52. The highest BCUT2D eigenvalue weighted by molar-refractivity contribution is 9.10. The number of carbonyl (C=O) groups excluding carboxylic acids is 2. The van der Waals surface area contributed by atoms with E-state index in [1.54, 1.807) is 36.3 Å².